The molecule has 0 saturated heterocycles. The Bertz CT molecular complexity index is 1280. The molecule has 1 atom stereocenters. The molecule has 1 N–H and O–H groups in total. The summed E-state index contributed by atoms with van der Waals surface area (Å²) < 4.78 is 72.8. The van der Waals surface area contributed by atoms with E-state index in [1.54, 1.807) is 0 Å². The summed E-state index contributed by atoms with van der Waals surface area (Å²) in [5, 5.41) is 12.8. The van der Waals surface area contributed by atoms with Crippen LogP contribution in [0.1, 0.15) is 35.0 Å². The van der Waals surface area contributed by atoms with Gasteiger partial charge in [-0.15, -0.1) is 5.10 Å². The summed E-state index contributed by atoms with van der Waals surface area (Å²) in [5.41, 5.74) is -2.12. The SMILES string of the molecule is CC(NC(=O)c1nnn(-c2ccc(F)cc2)c1C(F)(F)F)c1nc(-c2ccc(F)cc2)no1. The van der Waals surface area contributed by atoms with Crippen LogP contribution in [0.4, 0.5) is 22.0 Å². The van der Waals surface area contributed by atoms with Crippen molar-refractivity contribution in [3.63, 3.8) is 0 Å². The molecule has 1 amide bonds. The van der Waals surface area contributed by atoms with E-state index in [9.17, 15) is 26.7 Å². The van der Waals surface area contributed by atoms with Crippen LogP contribution in [0.5, 0.6) is 0 Å². The Morgan fingerprint density at radius 3 is 2.24 bits per heavy atom. The van der Waals surface area contributed by atoms with Crippen molar-refractivity contribution >= 4 is 5.91 Å². The van der Waals surface area contributed by atoms with Crippen molar-refractivity contribution < 1.29 is 31.3 Å². The number of nitrogens with zero attached hydrogens (tertiary/aromatic N) is 5. The Balaban J connectivity index is 1.58. The Labute approximate surface area is 182 Å². The molecule has 1 unspecified atom stereocenters. The largest absolute Gasteiger partial charge is 0.435 e. The highest BCUT2D eigenvalue weighted by Gasteiger charge is 2.42. The third-order valence-electron chi connectivity index (χ3n) is 4.49. The van der Waals surface area contributed by atoms with Gasteiger partial charge in [0.1, 0.15) is 17.7 Å². The number of hydrogen-bond donors (Lipinski definition) is 1. The molecule has 8 nitrogen and oxygen atoms in total. The van der Waals surface area contributed by atoms with Gasteiger partial charge in [0.2, 0.25) is 11.7 Å². The summed E-state index contributed by atoms with van der Waals surface area (Å²) in [6, 6.07) is 8.27. The fraction of sp³-hybridized carbons (Fsp3) is 0.150. The molecule has 4 rings (SSSR count). The number of nitrogens with one attached hydrogen (secondary N) is 1. The van der Waals surface area contributed by atoms with E-state index in [-0.39, 0.29) is 17.4 Å². The molecule has 0 spiro atoms. The Morgan fingerprint density at radius 1 is 1.03 bits per heavy atom. The first-order chi connectivity index (χ1) is 15.6. The molecule has 0 aliphatic rings. The number of aromatic nitrogens is 5. The molecule has 0 aliphatic carbocycles. The van der Waals surface area contributed by atoms with Crippen LogP contribution in [0.25, 0.3) is 17.1 Å². The van der Waals surface area contributed by atoms with Crippen LogP contribution in [0.3, 0.4) is 0 Å². The predicted molar refractivity (Wildman–Crippen MR) is 102 cm³/mol. The molecule has 33 heavy (non-hydrogen) atoms. The molecule has 2 aromatic heterocycles. The van der Waals surface area contributed by atoms with Gasteiger partial charge in [0.05, 0.1) is 5.69 Å². The van der Waals surface area contributed by atoms with E-state index >= 15 is 0 Å². The molecule has 0 aliphatic heterocycles. The number of benzene rings is 2. The molecule has 0 fully saturated rings. The smallest absolute Gasteiger partial charge is 0.339 e. The van der Waals surface area contributed by atoms with Crippen LogP contribution in [0.15, 0.2) is 53.1 Å². The monoisotopic (exact) mass is 464 g/mol. The minimum atomic E-state index is -4.99. The van der Waals surface area contributed by atoms with Crippen LogP contribution >= 0.6 is 0 Å². The number of hydrogen-bond acceptors (Lipinski definition) is 6. The first kappa shape index (κ1) is 22.0. The van der Waals surface area contributed by atoms with Gasteiger partial charge in [-0.1, -0.05) is 10.4 Å². The quantitative estimate of drug-likeness (QED) is 0.447. The van der Waals surface area contributed by atoms with Gasteiger partial charge in [0, 0.05) is 5.56 Å². The van der Waals surface area contributed by atoms with Gasteiger partial charge in [-0.2, -0.15) is 18.2 Å². The molecular weight excluding hydrogens is 451 g/mol. The van der Waals surface area contributed by atoms with E-state index in [4.69, 9.17) is 4.52 Å². The lowest BCUT2D eigenvalue weighted by Crippen LogP contribution is -2.29. The Kier molecular flexibility index (Phi) is 5.62. The van der Waals surface area contributed by atoms with E-state index in [0.717, 1.165) is 24.3 Å². The van der Waals surface area contributed by atoms with Crippen molar-refractivity contribution in [2.24, 2.45) is 0 Å². The van der Waals surface area contributed by atoms with Gasteiger partial charge in [0.15, 0.2) is 11.4 Å². The number of alkyl halides is 3. The maximum Gasteiger partial charge on any atom is 0.435 e. The predicted octanol–water partition coefficient (Wildman–Crippen LogP) is 4.11. The minimum absolute atomic E-state index is 0.0952. The maximum atomic E-state index is 13.7. The van der Waals surface area contributed by atoms with Gasteiger partial charge in [0.25, 0.3) is 5.91 Å². The number of carbonyl (C=O) groups is 1. The van der Waals surface area contributed by atoms with Crippen LogP contribution in [0.2, 0.25) is 0 Å². The molecule has 0 saturated carbocycles. The normalized spacial score (nSPS) is 12.5. The van der Waals surface area contributed by atoms with Crippen molar-refractivity contribution in [3.8, 4) is 17.1 Å². The zero-order chi connectivity index (χ0) is 23.8. The van der Waals surface area contributed by atoms with E-state index in [1.165, 1.54) is 31.2 Å². The van der Waals surface area contributed by atoms with Crippen molar-refractivity contribution in [1.29, 1.82) is 0 Å². The van der Waals surface area contributed by atoms with Crippen molar-refractivity contribution in [3.05, 3.63) is 77.4 Å². The number of rotatable bonds is 5. The van der Waals surface area contributed by atoms with Crippen LogP contribution in [-0.4, -0.2) is 31.0 Å². The second kappa shape index (κ2) is 8.41. The molecule has 0 bridgehead atoms. The van der Waals surface area contributed by atoms with Gasteiger partial charge in [-0.3, -0.25) is 4.79 Å². The average molecular weight is 464 g/mol. The third kappa shape index (κ3) is 4.56. The standard InChI is InChI=1S/C20H13F5N6O2/c1-10(19-27-17(29-33-19)11-2-4-12(21)5-3-11)26-18(32)15-16(20(23,24)25)31(30-28-15)14-8-6-13(22)7-9-14/h2-10H,1H3,(H,26,32). The summed E-state index contributed by atoms with van der Waals surface area (Å²) in [6.45, 7) is 1.41. The Hall–Kier alpha value is -4.16. The highest BCUT2D eigenvalue weighted by Crippen LogP contribution is 2.33. The summed E-state index contributed by atoms with van der Waals surface area (Å²) in [6.07, 6.45) is -4.99. The topological polar surface area (TPSA) is 98.7 Å². The van der Waals surface area contributed by atoms with Gasteiger partial charge < -0.3 is 9.84 Å². The molecular formula is C20H13F5N6O2. The molecule has 2 heterocycles. The lowest BCUT2D eigenvalue weighted by molar-refractivity contribution is -0.143. The lowest BCUT2D eigenvalue weighted by Gasteiger charge is -2.12. The number of carbonyl (C=O) groups excluding carboxylic acids is 1. The van der Waals surface area contributed by atoms with Crippen molar-refractivity contribution in [2.75, 3.05) is 0 Å². The first-order valence-electron chi connectivity index (χ1n) is 9.32. The van der Waals surface area contributed by atoms with Crippen LogP contribution in [0, 0.1) is 11.6 Å². The van der Waals surface area contributed by atoms with Crippen LogP contribution < -0.4 is 5.32 Å². The van der Waals surface area contributed by atoms with E-state index in [0.29, 0.717) is 10.2 Å². The van der Waals surface area contributed by atoms with Crippen molar-refractivity contribution in [1.82, 2.24) is 30.5 Å². The second-order valence-corrected chi connectivity index (χ2v) is 6.83. The molecule has 4 aromatic rings. The van der Waals surface area contributed by atoms with Crippen molar-refractivity contribution in [2.45, 2.75) is 19.1 Å². The van der Waals surface area contributed by atoms with Crippen LogP contribution in [-0.2, 0) is 6.18 Å². The molecule has 0 radical (unpaired) electrons. The summed E-state index contributed by atoms with van der Waals surface area (Å²) in [5.74, 6) is -2.30. The zero-order valence-electron chi connectivity index (χ0n) is 16.6. The van der Waals surface area contributed by atoms with Gasteiger partial charge >= 0.3 is 6.18 Å². The third-order valence-corrected chi connectivity index (χ3v) is 4.49. The Morgan fingerprint density at radius 2 is 1.64 bits per heavy atom. The second-order valence-electron chi connectivity index (χ2n) is 6.83. The maximum absolute atomic E-state index is 13.7. The van der Waals surface area contributed by atoms with Gasteiger partial charge in [-0.05, 0) is 55.5 Å². The fourth-order valence-corrected chi connectivity index (χ4v) is 2.91. The minimum Gasteiger partial charge on any atom is -0.339 e. The molecule has 170 valence electrons. The van der Waals surface area contributed by atoms with Gasteiger partial charge in [-0.25, -0.2) is 13.5 Å². The number of amides is 1. The average Bonchev–Trinajstić information content (AvgIpc) is 3.42. The molecule has 13 heteroatoms. The summed E-state index contributed by atoms with van der Waals surface area (Å²) >= 11 is 0. The van der Waals surface area contributed by atoms with E-state index in [2.05, 4.69) is 25.8 Å². The lowest BCUT2D eigenvalue weighted by atomic mass is 10.2. The first-order valence-corrected chi connectivity index (χ1v) is 9.32. The summed E-state index contributed by atoms with van der Waals surface area (Å²) in [4.78, 5) is 16.7. The zero-order valence-corrected chi connectivity index (χ0v) is 16.6. The van der Waals surface area contributed by atoms with E-state index in [1.807, 2.05) is 0 Å². The highest BCUT2D eigenvalue weighted by atomic mass is 19.4. The molecule has 2 aromatic carbocycles. The van der Waals surface area contributed by atoms with E-state index < -0.39 is 41.1 Å². The highest BCUT2D eigenvalue weighted by molar-refractivity contribution is 5.93. The number of halogens is 5. The fourth-order valence-electron chi connectivity index (χ4n) is 2.91. The summed E-state index contributed by atoms with van der Waals surface area (Å²) in [7, 11) is 0.